The predicted molar refractivity (Wildman–Crippen MR) is 123 cm³/mol. The number of hydrogen-bond acceptors (Lipinski definition) is 9. The molecular formula is C20H15ClN6O5S. The van der Waals surface area contributed by atoms with Gasteiger partial charge in [-0.3, -0.25) is 14.8 Å². The number of sulfonamides is 1. The fourth-order valence-corrected chi connectivity index (χ4v) is 4.14. The monoisotopic (exact) mass is 486 g/mol. The first-order valence-electron chi connectivity index (χ1n) is 9.28. The summed E-state index contributed by atoms with van der Waals surface area (Å²) in [6, 6.07) is 14.6. The standard InChI is InChI=1S/C20H15ClN6O5S/c1-32-18-10-12(9-17(21)25-18)22-19-20(24-16-8-3-2-7-15(16)23-19)26-33(30,31)14-6-4-5-13(11-14)27(28)29/h2-11H,1H3,(H,24,26)(H,22,23,25). The molecule has 4 rings (SSSR count). The van der Waals surface area contributed by atoms with Gasteiger partial charge in [0.15, 0.2) is 11.6 Å². The Morgan fingerprint density at radius 1 is 0.970 bits per heavy atom. The van der Waals surface area contributed by atoms with Crippen molar-refractivity contribution in [1.29, 1.82) is 0 Å². The van der Waals surface area contributed by atoms with Crippen LogP contribution in [0.1, 0.15) is 0 Å². The minimum absolute atomic E-state index is 0.0759. The van der Waals surface area contributed by atoms with E-state index in [-0.39, 0.29) is 33.3 Å². The molecule has 0 aliphatic rings. The van der Waals surface area contributed by atoms with Crippen LogP contribution in [0, 0.1) is 10.1 Å². The molecule has 0 aliphatic heterocycles. The number of nitro benzene ring substituents is 1. The fraction of sp³-hybridized carbons (Fsp3) is 0.0500. The van der Waals surface area contributed by atoms with Gasteiger partial charge in [0.25, 0.3) is 15.7 Å². The van der Waals surface area contributed by atoms with E-state index < -0.39 is 14.9 Å². The van der Waals surface area contributed by atoms with E-state index in [4.69, 9.17) is 16.3 Å². The van der Waals surface area contributed by atoms with Crippen molar-refractivity contribution in [3.63, 3.8) is 0 Å². The maximum atomic E-state index is 13.0. The molecule has 2 aromatic heterocycles. The number of para-hydroxylation sites is 2. The smallest absolute Gasteiger partial charge is 0.270 e. The van der Waals surface area contributed by atoms with Gasteiger partial charge in [-0.25, -0.2) is 23.4 Å². The van der Waals surface area contributed by atoms with Crippen LogP contribution in [0.4, 0.5) is 23.0 Å². The molecule has 0 atom stereocenters. The van der Waals surface area contributed by atoms with Crippen molar-refractivity contribution in [3.8, 4) is 5.88 Å². The zero-order valence-electron chi connectivity index (χ0n) is 16.9. The second-order valence-electron chi connectivity index (χ2n) is 6.62. The molecule has 2 heterocycles. The van der Waals surface area contributed by atoms with Crippen molar-refractivity contribution in [2.75, 3.05) is 17.1 Å². The Balaban J connectivity index is 1.79. The van der Waals surface area contributed by atoms with Crippen molar-refractivity contribution in [2.45, 2.75) is 4.90 Å². The third-order valence-electron chi connectivity index (χ3n) is 4.38. The van der Waals surface area contributed by atoms with E-state index in [0.717, 1.165) is 6.07 Å². The number of hydrogen-bond donors (Lipinski definition) is 2. The molecule has 4 aromatic rings. The second-order valence-corrected chi connectivity index (χ2v) is 8.69. The third kappa shape index (κ3) is 4.91. The molecule has 0 amide bonds. The van der Waals surface area contributed by atoms with Crippen LogP contribution >= 0.6 is 11.6 Å². The van der Waals surface area contributed by atoms with Gasteiger partial charge >= 0.3 is 0 Å². The third-order valence-corrected chi connectivity index (χ3v) is 5.91. The Labute approximate surface area is 192 Å². The van der Waals surface area contributed by atoms with Crippen LogP contribution < -0.4 is 14.8 Å². The molecule has 0 radical (unpaired) electrons. The number of anilines is 3. The molecule has 2 aromatic carbocycles. The highest BCUT2D eigenvalue weighted by Crippen LogP contribution is 2.29. The van der Waals surface area contributed by atoms with Gasteiger partial charge in [0.1, 0.15) is 5.15 Å². The highest BCUT2D eigenvalue weighted by Gasteiger charge is 2.21. The van der Waals surface area contributed by atoms with Gasteiger partial charge in [-0.1, -0.05) is 29.8 Å². The van der Waals surface area contributed by atoms with E-state index in [1.165, 1.54) is 31.4 Å². The average Bonchev–Trinajstić information content (AvgIpc) is 2.79. The summed E-state index contributed by atoms with van der Waals surface area (Å²) in [5, 5.41) is 14.2. The Kier molecular flexibility index (Phi) is 5.94. The number of nitrogens with one attached hydrogen (secondary N) is 2. The van der Waals surface area contributed by atoms with Gasteiger partial charge in [-0.2, -0.15) is 0 Å². The van der Waals surface area contributed by atoms with Gasteiger partial charge in [-0.15, -0.1) is 0 Å². The maximum Gasteiger partial charge on any atom is 0.270 e. The van der Waals surface area contributed by atoms with Crippen LogP contribution in [-0.4, -0.2) is 35.4 Å². The Morgan fingerprint density at radius 2 is 1.67 bits per heavy atom. The van der Waals surface area contributed by atoms with Crippen molar-refractivity contribution in [3.05, 3.63) is 75.9 Å². The van der Waals surface area contributed by atoms with E-state index in [1.54, 1.807) is 30.3 Å². The minimum atomic E-state index is -4.23. The van der Waals surface area contributed by atoms with Crippen molar-refractivity contribution < 1.29 is 18.1 Å². The van der Waals surface area contributed by atoms with E-state index >= 15 is 0 Å². The zero-order valence-corrected chi connectivity index (χ0v) is 18.5. The molecule has 13 heteroatoms. The van der Waals surface area contributed by atoms with Gasteiger partial charge in [-0.05, 0) is 24.3 Å². The lowest BCUT2D eigenvalue weighted by atomic mass is 10.3. The first kappa shape index (κ1) is 22.2. The van der Waals surface area contributed by atoms with Crippen LogP contribution in [0.2, 0.25) is 5.15 Å². The quantitative estimate of drug-likeness (QED) is 0.223. The summed E-state index contributed by atoms with van der Waals surface area (Å²) >= 11 is 6.02. The molecule has 33 heavy (non-hydrogen) atoms. The van der Waals surface area contributed by atoms with E-state index in [9.17, 15) is 18.5 Å². The van der Waals surface area contributed by atoms with E-state index in [2.05, 4.69) is 25.0 Å². The number of methoxy groups -OCH3 is 1. The van der Waals surface area contributed by atoms with Crippen molar-refractivity contribution in [2.24, 2.45) is 0 Å². The number of non-ortho nitro benzene ring substituents is 1. The summed E-state index contributed by atoms with van der Waals surface area (Å²) in [6.45, 7) is 0. The number of rotatable bonds is 7. The molecule has 0 saturated heterocycles. The summed E-state index contributed by atoms with van der Waals surface area (Å²) in [5.41, 5.74) is 1.00. The molecule has 0 unspecified atom stereocenters. The molecule has 0 saturated carbocycles. The highest BCUT2D eigenvalue weighted by molar-refractivity contribution is 7.92. The van der Waals surface area contributed by atoms with Crippen LogP contribution in [0.15, 0.2) is 65.6 Å². The average molecular weight is 487 g/mol. The van der Waals surface area contributed by atoms with Gasteiger partial charge in [0, 0.05) is 23.9 Å². The Bertz CT molecular complexity index is 1480. The molecule has 11 nitrogen and oxygen atoms in total. The van der Waals surface area contributed by atoms with Crippen LogP contribution in [0.25, 0.3) is 11.0 Å². The zero-order chi connectivity index (χ0) is 23.6. The van der Waals surface area contributed by atoms with E-state index in [1.807, 2.05) is 0 Å². The lowest BCUT2D eigenvalue weighted by molar-refractivity contribution is -0.385. The number of ether oxygens (including phenoxy) is 1. The molecule has 0 aliphatic carbocycles. The summed E-state index contributed by atoms with van der Waals surface area (Å²) in [4.78, 5) is 22.9. The van der Waals surface area contributed by atoms with Crippen molar-refractivity contribution in [1.82, 2.24) is 15.0 Å². The first-order valence-corrected chi connectivity index (χ1v) is 11.1. The lowest BCUT2D eigenvalue weighted by Crippen LogP contribution is -2.16. The number of nitro groups is 1. The van der Waals surface area contributed by atoms with Gasteiger partial charge in [0.2, 0.25) is 5.88 Å². The predicted octanol–water partition coefficient (Wildman–Crippen LogP) is 4.14. The summed E-state index contributed by atoms with van der Waals surface area (Å²) in [6.07, 6.45) is 0. The highest BCUT2D eigenvalue weighted by atomic mass is 35.5. The fourth-order valence-electron chi connectivity index (χ4n) is 2.90. The molecule has 0 spiro atoms. The summed E-state index contributed by atoms with van der Waals surface area (Å²) in [7, 11) is -2.81. The van der Waals surface area contributed by atoms with Crippen molar-refractivity contribution >= 4 is 55.7 Å². The molecule has 2 N–H and O–H groups in total. The summed E-state index contributed by atoms with van der Waals surface area (Å²) in [5.74, 6) is 0.191. The first-order chi connectivity index (χ1) is 15.7. The molecule has 0 fully saturated rings. The number of fused-ring (bicyclic) bond motifs is 1. The van der Waals surface area contributed by atoms with E-state index in [0.29, 0.717) is 16.7 Å². The molecule has 0 bridgehead atoms. The van der Waals surface area contributed by atoms with Gasteiger partial charge < -0.3 is 10.1 Å². The molecule has 168 valence electrons. The molecular weight excluding hydrogens is 472 g/mol. The number of pyridine rings is 1. The lowest BCUT2D eigenvalue weighted by Gasteiger charge is -2.14. The Morgan fingerprint density at radius 3 is 2.33 bits per heavy atom. The van der Waals surface area contributed by atoms with Crippen LogP contribution in [0.5, 0.6) is 5.88 Å². The normalized spacial score (nSPS) is 11.2. The second kappa shape index (κ2) is 8.84. The SMILES string of the molecule is COc1cc(Nc2nc3ccccc3nc2NS(=O)(=O)c2cccc([N+](=O)[O-])c2)cc(Cl)n1. The Hall–Kier alpha value is -4.03. The van der Waals surface area contributed by atoms with Crippen LogP contribution in [0.3, 0.4) is 0 Å². The maximum absolute atomic E-state index is 13.0. The van der Waals surface area contributed by atoms with Crippen LogP contribution in [-0.2, 0) is 10.0 Å². The number of nitrogens with zero attached hydrogens (tertiary/aromatic N) is 4. The minimum Gasteiger partial charge on any atom is -0.481 e. The number of benzene rings is 2. The number of aromatic nitrogens is 3. The van der Waals surface area contributed by atoms with Gasteiger partial charge in [0.05, 0.1) is 28.0 Å². The summed E-state index contributed by atoms with van der Waals surface area (Å²) < 4.78 is 33.4. The number of halogens is 1. The topological polar surface area (TPSA) is 149 Å². The largest absolute Gasteiger partial charge is 0.481 e.